The van der Waals surface area contributed by atoms with Gasteiger partial charge in [0, 0.05) is 12.8 Å². The predicted molar refractivity (Wildman–Crippen MR) is 93.3 cm³/mol. The van der Waals surface area contributed by atoms with Crippen molar-refractivity contribution >= 4 is 17.9 Å². The molecule has 0 radical (unpaired) electrons. The summed E-state index contributed by atoms with van der Waals surface area (Å²) in [5.41, 5.74) is 5.58. The van der Waals surface area contributed by atoms with Crippen LogP contribution in [0.5, 0.6) is 0 Å². The van der Waals surface area contributed by atoms with Crippen LogP contribution in [0.4, 0.5) is 0 Å². The molecule has 0 fully saturated rings. The van der Waals surface area contributed by atoms with Crippen LogP contribution in [0.3, 0.4) is 0 Å². The average Bonchev–Trinajstić information content (AvgIpc) is 2.57. The van der Waals surface area contributed by atoms with Gasteiger partial charge < -0.3 is 16.6 Å². The van der Waals surface area contributed by atoms with Crippen LogP contribution in [0.15, 0.2) is 0 Å². The van der Waals surface area contributed by atoms with Gasteiger partial charge in [0.1, 0.15) is 6.04 Å². The molecule has 0 aromatic heterocycles. The van der Waals surface area contributed by atoms with E-state index in [2.05, 4.69) is 11.7 Å². The quantitative estimate of drug-likeness (QED) is 0.206. The van der Waals surface area contributed by atoms with Gasteiger partial charge in [0.2, 0.25) is 0 Å². The summed E-state index contributed by atoms with van der Waals surface area (Å²) in [6.07, 6.45) is 10.7. The van der Waals surface area contributed by atoms with E-state index < -0.39 is 23.9 Å². The fourth-order valence-electron chi connectivity index (χ4n) is 2.31. The van der Waals surface area contributed by atoms with Gasteiger partial charge in [-0.15, -0.1) is 0 Å². The maximum absolute atomic E-state index is 11.6. The van der Waals surface area contributed by atoms with Crippen molar-refractivity contribution in [2.45, 2.75) is 90.0 Å². The van der Waals surface area contributed by atoms with E-state index in [9.17, 15) is 14.4 Å². The summed E-state index contributed by atoms with van der Waals surface area (Å²) in [6.45, 7) is 2.20. The number of rotatable bonds is 14. The molecule has 0 rings (SSSR count). The Hall–Kier alpha value is -0.430. The number of hydrogen-bond acceptors (Lipinski definition) is 6. The number of carbonyl (C=O) groups excluding carboxylic acids is 3. The van der Waals surface area contributed by atoms with Crippen LogP contribution in [-0.4, -0.2) is 31.1 Å². The minimum absolute atomic E-state index is 0. The Morgan fingerprint density at radius 2 is 1.40 bits per heavy atom. The van der Waals surface area contributed by atoms with Crippen molar-refractivity contribution in [2.24, 2.45) is 5.73 Å². The number of ether oxygens (including phenoxy) is 2. The number of methoxy groups -OCH3 is 1. The summed E-state index contributed by atoms with van der Waals surface area (Å²) in [5, 5.41) is 0. The van der Waals surface area contributed by atoms with E-state index in [1.807, 2.05) is 0 Å². The van der Waals surface area contributed by atoms with E-state index in [1.54, 1.807) is 0 Å². The molecular weight excluding hydrogens is 333 g/mol. The molecule has 25 heavy (non-hydrogen) atoms. The molecule has 0 aliphatic rings. The predicted octanol–water partition coefficient (Wildman–Crippen LogP) is 0.374. The van der Waals surface area contributed by atoms with Crippen molar-refractivity contribution < 1.29 is 54.8 Å². The average molecular weight is 367 g/mol. The van der Waals surface area contributed by atoms with E-state index in [-0.39, 0.29) is 50.2 Å². The molecule has 0 aliphatic heterocycles. The van der Waals surface area contributed by atoms with Gasteiger partial charge in [-0.1, -0.05) is 58.3 Å². The topological polar surface area (TPSA) is 95.7 Å². The van der Waals surface area contributed by atoms with Gasteiger partial charge in [0.05, 0.1) is 7.11 Å². The molecule has 0 amide bonds. The van der Waals surface area contributed by atoms with Gasteiger partial charge in [0.15, 0.2) is 0 Å². The molecular formula is C18H34NNaO5. The largest absolute Gasteiger partial charge is 1.00 e. The fraction of sp³-hybridized carbons (Fsp3) is 0.833. The number of nitrogens with two attached hydrogens (primary N) is 1. The minimum Gasteiger partial charge on any atom is -1.00 e. The Bertz CT molecular complexity index is 383. The Morgan fingerprint density at radius 1 is 0.880 bits per heavy atom. The second-order valence-electron chi connectivity index (χ2n) is 6.09. The molecule has 6 nitrogen and oxygen atoms in total. The summed E-state index contributed by atoms with van der Waals surface area (Å²) in [4.78, 5) is 34.1. The SMILES string of the molecule is CCCCCCCCCCCC(=O)OC(=O)C(N)CCC(=O)OC.[H-].[Na+]. The van der Waals surface area contributed by atoms with Crippen LogP contribution in [-0.2, 0) is 23.9 Å². The van der Waals surface area contributed by atoms with Crippen molar-refractivity contribution in [3.05, 3.63) is 0 Å². The van der Waals surface area contributed by atoms with E-state index >= 15 is 0 Å². The molecule has 0 saturated carbocycles. The normalized spacial score (nSPS) is 11.3. The van der Waals surface area contributed by atoms with Crippen LogP contribution < -0.4 is 35.3 Å². The molecule has 1 unspecified atom stereocenters. The zero-order valence-corrected chi connectivity index (χ0v) is 18.2. The Kier molecular flexibility index (Phi) is 19.7. The number of carbonyl (C=O) groups is 3. The summed E-state index contributed by atoms with van der Waals surface area (Å²) >= 11 is 0. The van der Waals surface area contributed by atoms with Crippen molar-refractivity contribution in [2.75, 3.05) is 7.11 Å². The number of esters is 3. The van der Waals surface area contributed by atoms with E-state index in [4.69, 9.17) is 10.5 Å². The van der Waals surface area contributed by atoms with Gasteiger partial charge in [-0.2, -0.15) is 0 Å². The number of unbranched alkanes of at least 4 members (excludes halogenated alkanes) is 8. The molecule has 2 N–H and O–H groups in total. The standard InChI is InChI=1S/C18H33NO5.Na.H/c1-3-4-5-6-7-8-9-10-11-12-17(21)24-18(22)15(19)13-14-16(20)23-2;;/h15H,3-14,19H2,1-2H3;;/q;+1;-1. The van der Waals surface area contributed by atoms with Gasteiger partial charge >= 0.3 is 47.5 Å². The molecule has 0 heterocycles. The third-order valence-electron chi connectivity index (χ3n) is 3.89. The van der Waals surface area contributed by atoms with E-state index in [0.29, 0.717) is 0 Å². The summed E-state index contributed by atoms with van der Waals surface area (Å²) in [5.74, 6) is -1.77. The molecule has 0 aromatic carbocycles. The third kappa shape index (κ3) is 16.8. The monoisotopic (exact) mass is 367 g/mol. The van der Waals surface area contributed by atoms with Crippen LogP contribution in [0.1, 0.15) is 85.4 Å². The van der Waals surface area contributed by atoms with Gasteiger partial charge in [-0.05, 0) is 12.8 Å². The molecule has 0 spiro atoms. The van der Waals surface area contributed by atoms with Gasteiger partial charge in [-0.25, -0.2) is 4.79 Å². The maximum Gasteiger partial charge on any atom is 1.00 e. The van der Waals surface area contributed by atoms with E-state index in [1.165, 1.54) is 45.6 Å². The Morgan fingerprint density at radius 3 is 1.92 bits per heavy atom. The zero-order valence-electron chi connectivity index (χ0n) is 17.2. The van der Waals surface area contributed by atoms with Crippen molar-refractivity contribution in [1.82, 2.24) is 0 Å². The second-order valence-corrected chi connectivity index (χ2v) is 6.09. The fourth-order valence-corrected chi connectivity index (χ4v) is 2.31. The first-order valence-corrected chi connectivity index (χ1v) is 9.08. The molecule has 0 aromatic rings. The smallest absolute Gasteiger partial charge is 1.00 e. The third-order valence-corrected chi connectivity index (χ3v) is 3.89. The van der Waals surface area contributed by atoms with Gasteiger partial charge in [-0.3, -0.25) is 9.59 Å². The zero-order chi connectivity index (χ0) is 18.2. The van der Waals surface area contributed by atoms with Crippen LogP contribution in [0.2, 0.25) is 0 Å². The molecule has 0 bridgehead atoms. The summed E-state index contributed by atoms with van der Waals surface area (Å²) < 4.78 is 9.16. The van der Waals surface area contributed by atoms with Crippen LogP contribution >= 0.6 is 0 Å². The minimum atomic E-state index is -0.976. The molecule has 0 saturated heterocycles. The van der Waals surface area contributed by atoms with Crippen LogP contribution in [0.25, 0.3) is 0 Å². The molecule has 7 heteroatoms. The van der Waals surface area contributed by atoms with Crippen molar-refractivity contribution in [3.8, 4) is 0 Å². The van der Waals surface area contributed by atoms with Crippen molar-refractivity contribution in [1.29, 1.82) is 0 Å². The summed E-state index contributed by atoms with van der Waals surface area (Å²) in [6, 6.07) is -0.976. The maximum atomic E-state index is 11.6. The Balaban J connectivity index is -0.00000264. The summed E-state index contributed by atoms with van der Waals surface area (Å²) in [7, 11) is 1.26. The molecule has 0 aliphatic carbocycles. The number of hydrogen-bond donors (Lipinski definition) is 1. The Labute approximate surface area is 175 Å². The first kappa shape index (κ1) is 26.8. The molecule has 142 valence electrons. The first-order valence-electron chi connectivity index (χ1n) is 9.08. The van der Waals surface area contributed by atoms with E-state index in [0.717, 1.165) is 19.3 Å². The van der Waals surface area contributed by atoms with Crippen LogP contribution in [0, 0.1) is 0 Å². The van der Waals surface area contributed by atoms with Gasteiger partial charge in [0.25, 0.3) is 0 Å². The second kappa shape index (κ2) is 18.4. The first-order chi connectivity index (χ1) is 11.5. The molecule has 1 atom stereocenters. The van der Waals surface area contributed by atoms with Crippen molar-refractivity contribution in [3.63, 3.8) is 0 Å².